The standard InChI is InChI=1S/C27H41FN4O5SSi/c1-26(2,3)36-25(33)32-38(34,35)21-13-14-23(22(28)15-21)31-24-29-16-19(17-30-24)18-9-11-20(12-10-18)37-39(7,8)27(4,5)6/h13-18,20H,9-12H2,1-8H3,(H,32,33)(H,29,30,31). The van der Waals surface area contributed by atoms with E-state index in [0.717, 1.165) is 37.3 Å². The molecular formula is C27H41FN4O5SSi. The lowest BCUT2D eigenvalue weighted by Crippen LogP contribution is -2.44. The van der Waals surface area contributed by atoms with Crippen LogP contribution in [0, 0.1) is 5.82 Å². The van der Waals surface area contributed by atoms with Crippen LogP contribution in [0.4, 0.5) is 20.8 Å². The number of carbonyl (C=O) groups is 1. The van der Waals surface area contributed by atoms with Gasteiger partial charge >= 0.3 is 6.09 Å². The van der Waals surface area contributed by atoms with Gasteiger partial charge in [0.1, 0.15) is 11.4 Å². The van der Waals surface area contributed by atoms with E-state index in [2.05, 4.69) is 49.1 Å². The number of hydrogen-bond acceptors (Lipinski definition) is 8. The summed E-state index contributed by atoms with van der Waals surface area (Å²) in [6.07, 6.45) is 6.64. The molecule has 12 heteroatoms. The number of anilines is 2. The molecule has 9 nitrogen and oxygen atoms in total. The Balaban J connectivity index is 1.59. The summed E-state index contributed by atoms with van der Waals surface area (Å²) >= 11 is 0. The first-order valence-corrected chi connectivity index (χ1v) is 17.6. The molecule has 1 heterocycles. The van der Waals surface area contributed by atoms with E-state index in [1.165, 1.54) is 12.1 Å². The third-order valence-corrected chi connectivity index (χ3v) is 13.0. The Bertz CT molecular complexity index is 1270. The molecule has 3 rings (SSSR count). The van der Waals surface area contributed by atoms with Gasteiger partial charge in [-0.3, -0.25) is 0 Å². The average Bonchev–Trinajstić information content (AvgIpc) is 2.79. The smallest absolute Gasteiger partial charge is 0.421 e. The highest BCUT2D eigenvalue weighted by Gasteiger charge is 2.40. The first kappa shape index (κ1) is 31.0. The summed E-state index contributed by atoms with van der Waals surface area (Å²) in [6.45, 7) is 16.1. The fourth-order valence-corrected chi connectivity index (χ4v) is 6.38. The van der Waals surface area contributed by atoms with Gasteiger partial charge in [0.2, 0.25) is 5.95 Å². The van der Waals surface area contributed by atoms with Gasteiger partial charge in [0, 0.05) is 18.5 Å². The zero-order chi connectivity index (χ0) is 29.2. The second kappa shape index (κ2) is 11.5. The molecule has 0 radical (unpaired) electrons. The van der Waals surface area contributed by atoms with Gasteiger partial charge in [-0.05, 0) is 94.3 Å². The number of amides is 1. The Labute approximate surface area is 232 Å². The summed E-state index contributed by atoms with van der Waals surface area (Å²) in [7, 11) is -6.11. The molecule has 216 valence electrons. The molecule has 1 aliphatic carbocycles. The highest BCUT2D eigenvalue weighted by molar-refractivity contribution is 7.90. The zero-order valence-corrected chi connectivity index (χ0v) is 25.9. The molecule has 0 bridgehead atoms. The maximum absolute atomic E-state index is 14.7. The highest BCUT2D eigenvalue weighted by Crippen LogP contribution is 2.41. The van der Waals surface area contributed by atoms with Crippen molar-refractivity contribution in [1.29, 1.82) is 0 Å². The number of halogens is 1. The maximum atomic E-state index is 14.7. The van der Waals surface area contributed by atoms with Crippen LogP contribution in [0.25, 0.3) is 0 Å². The van der Waals surface area contributed by atoms with E-state index in [1.54, 1.807) is 37.9 Å². The molecule has 1 aromatic heterocycles. The lowest BCUT2D eigenvalue weighted by Gasteiger charge is -2.41. The molecule has 39 heavy (non-hydrogen) atoms. The molecule has 0 unspecified atom stereocenters. The van der Waals surface area contributed by atoms with E-state index in [1.807, 2.05) is 0 Å². The molecule has 1 aromatic carbocycles. The number of carbonyl (C=O) groups excluding carboxylic acids is 1. The Hall–Kier alpha value is -2.57. The van der Waals surface area contributed by atoms with Gasteiger partial charge in [0.05, 0.1) is 10.6 Å². The molecule has 1 fully saturated rings. The normalized spacial score (nSPS) is 18.9. The van der Waals surface area contributed by atoms with Crippen molar-refractivity contribution in [3.05, 3.63) is 42.0 Å². The number of benzene rings is 1. The second-order valence-electron chi connectivity index (χ2n) is 12.6. The van der Waals surface area contributed by atoms with Crippen molar-refractivity contribution in [3.63, 3.8) is 0 Å². The molecule has 1 saturated carbocycles. The van der Waals surface area contributed by atoms with Gasteiger partial charge in [0.25, 0.3) is 10.0 Å². The van der Waals surface area contributed by atoms with Gasteiger partial charge in [0.15, 0.2) is 8.32 Å². The number of nitrogens with zero attached hydrogens (tertiary/aromatic N) is 2. The monoisotopic (exact) mass is 580 g/mol. The van der Waals surface area contributed by atoms with Gasteiger partial charge < -0.3 is 14.5 Å². The van der Waals surface area contributed by atoms with Crippen molar-refractivity contribution >= 4 is 36.1 Å². The van der Waals surface area contributed by atoms with Crippen molar-refractivity contribution in [2.24, 2.45) is 0 Å². The van der Waals surface area contributed by atoms with E-state index >= 15 is 0 Å². The van der Waals surface area contributed by atoms with Crippen LogP contribution in [0.1, 0.15) is 78.7 Å². The summed E-state index contributed by atoms with van der Waals surface area (Å²) in [6, 6.07) is 3.24. The minimum Gasteiger partial charge on any atom is -0.443 e. The average molecular weight is 581 g/mol. The Kier molecular flexibility index (Phi) is 9.13. The van der Waals surface area contributed by atoms with E-state index in [4.69, 9.17) is 9.16 Å². The fourth-order valence-electron chi connectivity index (χ4n) is 4.07. The van der Waals surface area contributed by atoms with Crippen molar-refractivity contribution < 1.29 is 26.8 Å². The third kappa shape index (κ3) is 8.45. The predicted molar refractivity (Wildman–Crippen MR) is 152 cm³/mol. The SMILES string of the molecule is CC(C)(C)OC(=O)NS(=O)(=O)c1ccc(Nc2ncc(C3CCC(O[Si](C)(C)C(C)(C)C)CC3)cn2)c(F)c1. The van der Waals surface area contributed by atoms with Crippen LogP contribution in [0.15, 0.2) is 35.5 Å². The van der Waals surface area contributed by atoms with Gasteiger partial charge in [-0.25, -0.2) is 32.3 Å². The van der Waals surface area contributed by atoms with Crippen LogP contribution in [0.2, 0.25) is 18.1 Å². The topological polar surface area (TPSA) is 120 Å². The molecule has 2 N–H and O–H groups in total. The Morgan fingerprint density at radius 3 is 2.13 bits per heavy atom. The van der Waals surface area contributed by atoms with E-state index in [0.29, 0.717) is 5.92 Å². The largest absolute Gasteiger partial charge is 0.443 e. The summed E-state index contributed by atoms with van der Waals surface area (Å²) in [5.41, 5.74) is 0.149. The Morgan fingerprint density at radius 1 is 1.03 bits per heavy atom. The Morgan fingerprint density at radius 2 is 1.62 bits per heavy atom. The van der Waals surface area contributed by atoms with Crippen molar-refractivity contribution in [2.45, 2.75) is 108 Å². The van der Waals surface area contributed by atoms with E-state index in [9.17, 15) is 17.6 Å². The summed E-state index contributed by atoms with van der Waals surface area (Å²) in [5, 5.41) is 2.97. The number of ether oxygens (including phenoxy) is 1. The lowest BCUT2D eigenvalue weighted by atomic mass is 9.84. The van der Waals surface area contributed by atoms with Gasteiger partial charge in [-0.1, -0.05) is 20.8 Å². The highest BCUT2D eigenvalue weighted by atomic mass is 32.2. The second-order valence-corrected chi connectivity index (χ2v) is 19.0. The van der Waals surface area contributed by atoms with E-state index < -0.39 is 40.7 Å². The minimum absolute atomic E-state index is 0.00209. The van der Waals surface area contributed by atoms with Crippen LogP contribution in [0.5, 0.6) is 0 Å². The molecule has 1 amide bonds. The quantitative estimate of drug-likeness (QED) is 0.351. The predicted octanol–water partition coefficient (Wildman–Crippen LogP) is 6.62. The van der Waals surface area contributed by atoms with Gasteiger partial charge in [-0.2, -0.15) is 0 Å². The number of aromatic nitrogens is 2. The summed E-state index contributed by atoms with van der Waals surface area (Å²) in [5.74, 6) is -0.304. The number of nitrogens with one attached hydrogen (secondary N) is 2. The van der Waals surface area contributed by atoms with Crippen molar-refractivity contribution in [3.8, 4) is 0 Å². The molecular weight excluding hydrogens is 539 g/mol. The fraction of sp³-hybridized carbons (Fsp3) is 0.593. The summed E-state index contributed by atoms with van der Waals surface area (Å²) < 4.78 is 52.9. The zero-order valence-electron chi connectivity index (χ0n) is 24.1. The number of hydrogen-bond donors (Lipinski definition) is 2. The minimum atomic E-state index is -4.31. The van der Waals surface area contributed by atoms with Gasteiger partial charge in [-0.15, -0.1) is 0 Å². The van der Waals surface area contributed by atoms with Crippen LogP contribution >= 0.6 is 0 Å². The lowest BCUT2D eigenvalue weighted by molar-refractivity contribution is 0.0570. The molecule has 2 aromatic rings. The van der Waals surface area contributed by atoms with Crippen LogP contribution < -0.4 is 10.0 Å². The molecule has 0 aliphatic heterocycles. The molecule has 0 atom stereocenters. The summed E-state index contributed by atoms with van der Waals surface area (Å²) in [4.78, 5) is 20.1. The molecule has 0 spiro atoms. The first-order valence-electron chi connectivity index (χ1n) is 13.2. The first-order chi connectivity index (χ1) is 17.9. The molecule has 1 aliphatic rings. The van der Waals surface area contributed by atoms with Crippen LogP contribution in [0.3, 0.4) is 0 Å². The number of rotatable bonds is 7. The van der Waals surface area contributed by atoms with Crippen LogP contribution in [-0.4, -0.2) is 44.5 Å². The van der Waals surface area contributed by atoms with Crippen molar-refractivity contribution in [2.75, 3.05) is 5.32 Å². The van der Waals surface area contributed by atoms with Crippen LogP contribution in [-0.2, 0) is 19.2 Å². The maximum Gasteiger partial charge on any atom is 0.421 e. The number of sulfonamides is 1. The third-order valence-electron chi connectivity index (χ3n) is 7.20. The van der Waals surface area contributed by atoms with Crippen molar-refractivity contribution in [1.82, 2.24) is 14.7 Å². The molecule has 0 saturated heterocycles. The van der Waals surface area contributed by atoms with E-state index in [-0.39, 0.29) is 22.8 Å².